The summed E-state index contributed by atoms with van der Waals surface area (Å²) in [5.74, 6) is 0. The van der Waals surface area contributed by atoms with Crippen LogP contribution >= 0.6 is 23.1 Å². The van der Waals surface area contributed by atoms with Crippen molar-refractivity contribution in [3.05, 3.63) is 71.1 Å². The number of thioether (sulfide) groups is 1. The molecule has 3 rings (SSSR count). The predicted molar refractivity (Wildman–Crippen MR) is 143 cm³/mol. The van der Waals surface area contributed by atoms with Gasteiger partial charge in [-0.2, -0.15) is 3.71 Å². The molecule has 0 saturated heterocycles. The van der Waals surface area contributed by atoms with Crippen molar-refractivity contribution in [2.45, 2.75) is 66.4 Å². The summed E-state index contributed by atoms with van der Waals surface area (Å²) in [6.45, 7) is 12.2. The molecule has 0 fully saturated rings. The average Bonchev–Trinajstić information content (AvgIpc) is 3.20. The molecule has 0 aliphatic heterocycles. The highest BCUT2D eigenvalue weighted by Gasteiger charge is 2.39. The molecule has 0 spiro atoms. The third kappa shape index (κ3) is 5.22. The zero-order valence-corrected chi connectivity index (χ0v) is 23.8. The first-order chi connectivity index (χ1) is 15.6. The molecule has 2 aromatic carbocycles. The summed E-state index contributed by atoms with van der Waals surface area (Å²) in [7, 11) is -8.85. The highest BCUT2D eigenvalue weighted by molar-refractivity contribution is 8.10. The van der Waals surface area contributed by atoms with E-state index in [0.29, 0.717) is 7.92 Å². The molecule has 1 heterocycles. The second kappa shape index (κ2) is 9.33. The van der Waals surface area contributed by atoms with Crippen molar-refractivity contribution in [1.29, 1.82) is 0 Å². The van der Waals surface area contributed by atoms with Gasteiger partial charge in [0.2, 0.25) is 0 Å². The number of anilines is 1. The Hall–Kier alpha value is -1.81. The van der Waals surface area contributed by atoms with Gasteiger partial charge in [-0.25, -0.2) is 16.8 Å². The van der Waals surface area contributed by atoms with Gasteiger partial charge in [0, 0.05) is 0 Å². The molecule has 0 N–H and O–H groups in total. The molecule has 0 bridgehead atoms. The van der Waals surface area contributed by atoms with Crippen LogP contribution in [-0.2, 0) is 30.9 Å². The molecule has 0 saturated carbocycles. The van der Waals surface area contributed by atoms with Crippen LogP contribution in [0.2, 0.25) is 0 Å². The van der Waals surface area contributed by atoms with Crippen molar-refractivity contribution >= 4 is 48.8 Å². The third-order valence-corrected chi connectivity index (χ3v) is 11.7. The van der Waals surface area contributed by atoms with Crippen LogP contribution < -0.4 is 3.71 Å². The van der Waals surface area contributed by atoms with Gasteiger partial charge in [-0.1, -0.05) is 65.8 Å². The Labute approximate surface area is 212 Å². The van der Waals surface area contributed by atoms with Crippen LogP contribution in [0.5, 0.6) is 0 Å². The van der Waals surface area contributed by atoms with Crippen LogP contribution in [-0.4, -0.2) is 23.1 Å². The molecule has 5 nitrogen and oxygen atoms in total. The van der Waals surface area contributed by atoms with Crippen molar-refractivity contribution in [3.63, 3.8) is 0 Å². The highest BCUT2D eigenvalue weighted by Crippen LogP contribution is 2.40. The highest BCUT2D eigenvalue weighted by atomic mass is 32.3. The van der Waals surface area contributed by atoms with E-state index in [9.17, 15) is 16.8 Å². The van der Waals surface area contributed by atoms with Gasteiger partial charge in [-0.15, -0.1) is 23.1 Å². The molecule has 0 atom stereocenters. The Morgan fingerprint density at radius 3 is 1.38 bits per heavy atom. The van der Waals surface area contributed by atoms with Gasteiger partial charge < -0.3 is 0 Å². The second-order valence-electron chi connectivity index (χ2n) is 10.1. The smallest absolute Gasteiger partial charge is 0.200 e. The molecule has 1 aromatic heterocycles. The lowest BCUT2D eigenvalue weighted by Gasteiger charge is -2.25. The molecule has 0 unspecified atom stereocenters. The normalized spacial score (nSPS) is 13.1. The maximum atomic E-state index is 13.8. The second-order valence-corrected chi connectivity index (χ2v) is 15.8. The van der Waals surface area contributed by atoms with Crippen molar-refractivity contribution in [3.8, 4) is 0 Å². The first-order valence-electron chi connectivity index (χ1n) is 10.7. The lowest BCUT2D eigenvalue weighted by atomic mass is 9.87. The van der Waals surface area contributed by atoms with E-state index in [-0.39, 0.29) is 26.3 Å². The van der Waals surface area contributed by atoms with Gasteiger partial charge in [0.1, 0.15) is 0 Å². The Balaban J connectivity index is 2.20. The molecule has 184 valence electrons. The molecule has 0 amide bonds. The van der Waals surface area contributed by atoms with Crippen LogP contribution in [0.4, 0.5) is 5.69 Å². The summed E-state index contributed by atoms with van der Waals surface area (Å²) in [6, 6.07) is 14.4. The van der Waals surface area contributed by atoms with E-state index in [1.54, 1.807) is 42.0 Å². The van der Waals surface area contributed by atoms with Gasteiger partial charge in [0.15, 0.2) is 0 Å². The Morgan fingerprint density at radius 1 is 0.676 bits per heavy atom. The molecular weight excluding hydrogens is 507 g/mol. The number of benzene rings is 2. The van der Waals surface area contributed by atoms with Crippen LogP contribution in [0, 0.1) is 0 Å². The zero-order valence-electron chi connectivity index (χ0n) is 20.5. The fourth-order valence-electron chi connectivity index (χ4n) is 3.41. The summed E-state index contributed by atoms with van der Waals surface area (Å²) in [5.41, 5.74) is 1.72. The van der Waals surface area contributed by atoms with Crippen LogP contribution in [0.25, 0.3) is 0 Å². The molecule has 0 aliphatic carbocycles. The van der Waals surface area contributed by atoms with E-state index in [1.165, 1.54) is 47.4 Å². The van der Waals surface area contributed by atoms with E-state index in [4.69, 9.17) is 0 Å². The minimum atomic E-state index is -4.42. The summed E-state index contributed by atoms with van der Waals surface area (Å²) < 4.78 is 56.6. The van der Waals surface area contributed by atoms with Crippen LogP contribution in [0.1, 0.15) is 52.7 Å². The van der Waals surface area contributed by atoms with Gasteiger partial charge in [-0.3, -0.25) is 0 Å². The molecular formula is C25H31NO4S4. The average molecular weight is 538 g/mol. The molecule has 0 radical (unpaired) electrons. The minimum Gasteiger partial charge on any atom is -0.200 e. The maximum absolute atomic E-state index is 13.8. The molecule has 34 heavy (non-hydrogen) atoms. The molecule has 9 heteroatoms. The van der Waals surface area contributed by atoms with Crippen molar-refractivity contribution in [2.75, 3.05) is 9.97 Å². The Bertz CT molecular complexity index is 1270. The van der Waals surface area contributed by atoms with Gasteiger partial charge in [0.05, 0.1) is 19.7 Å². The largest absolute Gasteiger partial charge is 0.277 e. The number of rotatable bonds is 6. The first kappa shape index (κ1) is 26.8. The summed E-state index contributed by atoms with van der Waals surface area (Å²) in [6.07, 6.45) is 1.79. The standard InChI is InChI=1S/C25H31NO4S4/c1-24(2,3)18-8-12-20(13-9-18)33(27,28)26(22-16-17-32-23(22)31-7)34(29,30)21-14-10-19(11-15-21)25(4,5)6/h8-17H,1-7H3. The number of hydrogen-bond acceptors (Lipinski definition) is 6. The number of hydrogen-bond donors (Lipinski definition) is 0. The lowest BCUT2D eigenvalue weighted by molar-refractivity contribution is 0.579. The first-order valence-corrected chi connectivity index (χ1v) is 15.7. The van der Waals surface area contributed by atoms with Crippen LogP contribution in [0.3, 0.4) is 0 Å². The number of thiophene rings is 1. The van der Waals surface area contributed by atoms with Gasteiger partial charge in [-0.05, 0) is 63.9 Å². The van der Waals surface area contributed by atoms with E-state index in [2.05, 4.69) is 0 Å². The minimum absolute atomic E-state index is 0.0753. The number of nitrogens with zero attached hydrogens (tertiary/aromatic N) is 1. The Morgan fingerprint density at radius 2 is 1.06 bits per heavy atom. The van der Waals surface area contributed by atoms with Crippen LogP contribution in [0.15, 0.2) is 74.0 Å². The van der Waals surface area contributed by atoms with E-state index in [0.717, 1.165) is 11.1 Å². The van der Waals surface area contributed by atoms with E-state index >= 15 is 0 Å². The number of sulfonamides is 2. The molecule has 3 aromatic rings. The summed E-state index contributed by atoms with van der Waals surface area (Å²) >= 11 is 2.62. The van der Waals surface area contributed by atoms with Crippen molar-refractivity contribution in [2.24, 2.45) is 0 Å². The quantitative estimate of drug-likeness (QED) is 0.329. The van der Waals surface area contributed by atoms with E-state index in [1.807, 2.05) is 41.5 Å². The summed E-state index contributed by atoms with van der Waals surface area (Å²) in [5, 5.41) is 1.70. The van der Waals surface area contributed by atoms with Gasteiger partial charge >= 0.3 is 0 Å². The fraction of sp³-hybridized carbons (Fsp3) is 0.360. The third-order valence-electron chi connectivity index (χ3n) is 5.47. The van der Waals surface area contributed by atoms with Crippen molar-refractivity contribution < 1.29 is 16.8 Å². The van der Waals surface area contributed by atoms with Gasteiger partial charge in [0.25, 0.3) is 20.0 Å². The fourth-order valence-corrected chi connectivity index (χ4v) is 8.88. The lowest BCUT2D eigenvalue weighted by Crippen LogP contribution is -2.37. The molecule has 0 aliphatic rings. The maximum Gasteiger partial charge on any atom is 0.277 e. The zero-order chi connectivity index (χ0) is 25.5. The summed E-state index contributed by atoms with van der Waals surface area (Å²) in [4.78, 5) is -0.151. The Kier molecular flexibility index (Phi) is 7.35. The topological polar surface area (TPSA) is 71.5 Å². The SMILES string of the molecule is CSc1sccc1N(S(=O)(=O)c1ccc(C(C)(C)C)cc1)S(=O)(=O)c1ccc(C(C)(C)C)cc1. The monoisotopic (exact) mass is 537 g/mol. The van der Waals surface area contributed by atoms with Crippen molar-refractivity contribution in [1.82, 2.24) is 0 Å². The predicted octanol–water partition coefficient (Wildman–Crippen LogP) is 6.65. The van der Waals surface area contributed by atoms with E-state index < -0.39 is 20.0 Å².